The number of nitrogens with zero attached hydrogens (tertiary/aromatic N) is 4. The first-order valence-electron chi connectivity index (χ1n) is 8.92. The van der Waals surface area contributed by atoms with Crippen LogP contribution in [0.4, 0.5) is 5.69 Å². The van der Waals surface area contributed by atoms with E-state index >= 15 is 0 Å². The fourth-order valence-electron chi connectivity index (χ4n) is 3.84. The highest BCUT2D eigenvalue weighted by Gasteiger charge is 2.28. The van der Waals surface area contributed by atoms with Gasteiger partial charge in [-0.2, -0.15) is 0 Å². The van der Waals surface area contributed by atoms with Gasteiger partial charge in [-0.15, -0.1) is 0 Å². The molecule has 3 heterocycles. The summed E-state index contributed by atoms with van der Waals surface area (Å²) in [4.78, 5) is 27.8. The lowest BCUT2D eigenvalue weighted by Crippen LogP contribution is -2.45. The van der Waals surface area contributed by atoms with E-state index in [9.17, 15) is 4.79 Å². The number of hydrogen-bond donors (Lipinski definition) is 1. The van der Waals surface area contributed by atoms with Crippen LogP contribution >= 0.6 is 0 Å². The summed E-state index contributed by atoms with van der Waals surface area (Å²) in [6.45, 7) is 1.71. The van der Waals surface area contributed by atoms with Gasteiger partial charge in [0.2, 0.25) is 5.91 Å². The van der Waals surface area contributed by atoms with Gasteiger partial charge in [0.25, 0.3) is 0 Å². The molecule has 2 fully saturated rings. The van der Waals surface area contributed by atoms with Crippen molar-refractivity contribution in [3.8, 4) is 0 Å². The van der Waals surface area contributed by atoms with Crippen LogP contribution in [0.3, 0.4) is 0 Å². The van der Waals surface area contributed by atoms with Crippen LogP contribution in [0, 0.1) is 5.92 Å². The van der Waals surface area contributed by atoms with Gasteiger partial charge in [-0.05, 0) is 31.7 Å². The molecule has 0 spiro atoms. The highest BCUT2D eigenvalue weighted by molar-refractivity contribution is 5.80. The fraction of sp³-hybridized carbons (Fsp3) is 0.556. The third kappa shape index (κ3) is 3.18. The first kappa shape index (κ1) is 15.3. The number of carbonyl (C=O) groups is 1. The van der Waals surface area contributed by atoms with Crippen LogP contribution in [0.5, 0.6) is 0 Å². The molecule has 1 N–H and O–H groups in total. The average molecular weight is 325 g/mol. The number of hydrogen-bond acceptors (Lipinski definition) is 5. The van der Waals surface area contributed by atoms with Crippen molar-refractivity contribution in [3.63, 3.8) is 0 Å². The predicted octanol–water partition coefficient (Wildman–Crippen LogP) is 2.30. The van der Waals surface area contributed by atoms with Crippen molar-refractivity contribution >= 4 is 22.8 Å². The van der Waals surface area contributed by atoms with Crippen LogP contribution < -0.4 is 10.2 Å². The normalized spacial score (nSPS) is 22.0. The minimum Gasteiger partial charge on any atom is -0.369 e. The molecule has 0 bridgehead atoms. The molecule has 1 saturated carbocycles. The monoisotopic (exact) mass is 325 g/mol. The van der Waals surface area contributed by atoms with Crippen molar-refractivity contribution in [3.05, 3.63) is 24.7 Å². The Kier molecular flexibility index (Phi) is 4.28. The summed E-state index contributed by atoms with van der Waals surface area (Å²) in [7, 11) is 0. The maximum Gasteiger partial charge on any atom is 0.225 e. The predicted molar refractivity (Wildman–Crippen MR) is 92.7 cm³/mol. The zero-order valence-electron chi connectivity index (χ0n) is 13.8. The Morgan fingerprint density at radius 2 is 1.92 bits per heavy atom. The molecule has 1 saturated heterocycles. The van der Waals surface area contributed by atoms with Gasteiger partial charge >= 0.3 is 0 Å². The number of piperidine rings is 1. The van der Waals surface area contributed by atoms with Crippen LogP contribution in [0.2, 0.25) is 0 Å². The van der Waals surface area contributed by atoms with Gasteiger partial charge in [0.1, 0.15) is 5.52 Å². The molecule has 0 radical (unpaired) electrons. The Morgan fingerprint density at radius 3 is 2.79 bits per heavy atom. The van der Waals surface area contributed by atoms with E-state index in [4.69, 9.17) is 0 Å². The molecule has 1 aliphatic heterocycles. The standard InChI is InChI=1S/C18H23N5O/c24-18(22-14-5-1-2-6-14)13-4-3-9-23(12-13)15-10-16-17(21-11-15)20-8-7-19-16/h7-8,10-11,13-14H,1-6,9,12H2,(H,22,24). The molecule has 2 aromatic rings. The average Bonchev–Trinajstić information content (AvgIpc) is 3.14. The zero-order valence-corrected chi connectivity index (χ0v) is 13.8. The second-order valence-corrected chi connectivity index (χ2v) is 6.87. The van der Waals surface area contributed by atoms with Gasteiger partial charge in [-0.3, -0.25) is 9.78 Å². The molecule has 1 atom stereocenters. The Balaban J connectivity index is 1.46. The first-order valence-corrected chi connectivity index (χ1v) is 8.92. The second kappa shape index (κ2) is 6.71. The maximum atomic E-state index is 12.6. The van der Waals surface area contributed by atoms with E-state index in [1.54, 1.807) is 12.4 Å². The Hall–Kier alpha value is -2.24. The van der Waals surface area contributed by atoms with Crippen LogP contribution in [0.25, 0.3) is 11.2 Å². The molecular formula is C18H23N5O. The smallest absolute Gasteiger partial charge is 0.225 e. The Morgan fingerprint density at radius 1 is 1.08 bits per heavy atom. The molecule has 24 heavy (non-hydrogen) atoms. The number of fused-ring (bicyclic) bond motifs is 1. The number of carbonyl (C=O) groups excluding carboxylic acids is 1. The number of amides is 1. The van der Waals surface area contributed by atoms with Gasteiger partial charge in [-0.25, -0.2) is 9.97 Å². The summed E-state index contributed by atoms with van der Waals surface area (Å²) in [5.74, 6) is 0.289. The molecule has 6 heteroatoms. The third-order valence-corrected chi connectivity index (χ3v) is 5.17. The highest BCUT2D eigenvalue weighted by Crippen LogP contribution is 2.25. The number of nitrogens with one attached hydrogen (secondary N) is 1. The lowest BCUT2D eigenvalue weighted by Gasteiger charge is -2.34. The molecule has 0 aromatic carbocycles. The van der Waals surface area contributed by atoms with Gasteiger partial charge in [0.15, 0.2) is 5.65 Å². The number of pyridine rings is 1. The molecule has 1 unspecified atom stereocenters. The van der Waals surface area contributed by atoms with Crippen LogP contribution in [0.15, 0.2) is 24.7 Å². The molecule has 4 rings (SSSR count). The minimum absolute atomic E-state index is 0.0666. The van der Waals surface area contributed by atoms with Crippen LogP contribution in [-0.4, -0.2) is 40.0 Å². The Labute approximate surface area is 141 Å². The van der Waals surface area contributed by atoms with Crippen LogP contribution in [-0.2, 0) is 4.79 Å². The molecule has 2 aliphatic rings. The van der Waals surface area contributed by atoms with Crippen molar-refractivity contribution in [2.24, 2.45) is 5.92 Å². The van der Waals surface area contributed by atoms with Crippen molar-refractivity contribution in [1.82, 2.24) is 20.3 Å². The topological polar surface area (TPSA) is 71.0 Å². The largest absolute Gasteiger partial charge is 0.369 e. The van der Waals surface area contributed by atoms with E-state index in [0.29, 0.717) is 11.7 Å². The summed E-state index contributed by atoms with van der Waals surface area (Å²) in [6.07, 6.45) is 11.9. The van der Waals surface area contributed by atoms with Crippen molar-refractivity contribution in [2.45, 2.75) is 44.6 Å². The summed E-state index contributed by atoms with van der Waals surface area (Å²) in [5, 5.41) is 3.25. The fourth-order valence-corrected chi connectivity index (χ4v) is 3.84. The van der Waals surface area contributed by atoms with E-state index in [0.717, 1.165) is 50.0 Å². The third-order valence-electron chi connectivity index (χ3n) is 5.17. The van der Waals surface area contributed by atoms with E-state index in [2.05, 4.69) is 25.2 Å². The van der Waals surface area contributed by atoms with Gasteiger partial charge in [0, 0.05) is 31.5 Å². The maximum absolute atomic E-state index is 12.6. The molecule has 6 nitrogen and oxygen atoms in total. The summed E-state index contributed by atoms with van der Waals surface area (Å²) < 4.78 is 0. The lowest BCUT2D eigenvalue weighted by molar-refractivity contribution is -0.125. The summed E-state index contributed by atoms with van der Waals surface area (Å²) >= 11 is 0. The second-order valence-electron chi connectivity index (χ2n) is 6.87. The Bertz CT molecular complexity index is 728. The number of rotatable bonds is 3. The van der Waals surface area contributed by atoms with E-state index in [1.807, 2.05) is 12.3 Å². The van der Waals surface area contributed by atoms with Gasteiger partial charge in [0.05, 0.1) is 17.8 Å². The van der Waals surface area contributed by atoms with Crippen molar-refractivity contribution in [2.75, 3.05) is 18.0 Å². The van der Waals surface area contributed by atoms with Gasteiger partial charge in [-0.1, -0.05) is 12.8 Å². The van der Waals surface area contributed by atoms with Crippen LogP contribution in [0.1, 0.15) is 38.5 Å². The van der Waals surface area contributed by atoms with Gasteiger partial charge < -0.3 is 10.2 Å². The molecule has 1 amide bonds. The molecule has 2 aromatic heterocycles. The van der Waals surface area contributed by atoms with E-state index < -0.39 is 0 Å². The number of aromatic nitrogens is 3. The number of anilines is 1. The molecule has 126 valence electrons. The summed E-state index contributed by atoms with van der Waals surface area (Å²) in [5.41, 5.74) is 2.49. The SMILES string of the molecule is O=C(NC1CCCC1)C1CCCN(c2cnc3nccnc3c2)C1. The summed E-state index contributed by atoms with van der Waals surface area (Å²) in [6, 6.07) is 2.41. The first-order chi connectivity index (χ1) is 11.8. The quantitative estimate of drug-likeness (QED) is 0.937. The van der Waals surface area contributed by atoms with E-state index in [-0.39, 0.29) is 11.8 Å². The van der Waals surface area contributed by atoms with Crippen molar-refractivity contribution in [1.29, 1.82) is 0 Å². The van der Waals surface area contributed by atoms with Crippen molar-refractivity contribution < 1.29 is 4.79 Å². The minimum atomic E-state index is 0.0666. The van der Waals surface area contributed by atoms with E-state index in [1.165, 1.54) is 12.8 Å². The highest BCUT2D eigenvalue weighted by atomic mass is 16.2. The zero-order chi connectivity index (χ0) is 16.4. The lowest BCUT2D eigenvalue weighted by atomic mass is 9.96. The molecular weight excluding hydrogens is 302 g/mol. The molecule has 1 aliphatic carbocycles.